The van der Waals surface area contributed by atoms with Crippen molar-refractivity contribution < 1.29 is 28.2 Å². The number of para-hydroxylation sites is 1. The smallest absolute Gasteiger partial charge is 0.466 e. The number of hydrogen-bond acceptors (Lipinski definition) is 3. The molecule has 0 saturated carbocycles. The van der Waals surface area contributed by atoms with Gasteiger partial charge >= 0.3 is 12.0 Å². The zero-order valence-corrected chi connectivity index (χ0v) is 8.44. The Morgan fingerprint density at radius 1 is 1.50 bits per heavy atom. The second kappa shape index (κ2) is 4.89. The number of halogens is 2. The molecule has 0 radical (unpaired) electrons. The van der Waals surface area contributed by atoms with Gasteiger partial charge in [-0.1, -0.05) is 12.1 Å². The van der Waals surface area contributed by atoms with Crippen LogP contribution >= 0.6 is 0 Å². The lowest BCUT2D eigenvalue weighted by Gasteiger charge is -2.21. The van der Waals surface area contributed by atoms with Gasteiger partial charge in [0.05, 0.1) is 6.61 Å². The fourth-order valence-corrected chi connectivity index (χ4v) is 0.989. The fourth-order valence-electron chi connectivity index (χ4n) is 0.989. The molecule has 16 heavy (non-hydrogen) atoms. The molecule has 0 amide bonds. The molecule has 1 aromatic carbocycles. The van der Waals surface area contributed by atoms with Crippen molar-refractivity contribution >= 4 is 5.97 Å². The van der Waals surface area contributed by atoms with Gasteiger partial charge in [-0.05, 0) is 19.1 Å². The van der Waals surface area contributed by atoms with E-state index in [0.29, 0.717) is 0 Å². The fraction of sp³-hybridized carbons (Fsp3) is 0.300. The van der Waals surface area contributed by atoms with Crippen molar-refractivity contribution in [1.29, 1.82) is 0 Å². The van der Waals surface area contributed by atoms with E-state index in [4.69, 9.17) is 5.11 Å². The predicted octanol–water partition coefficient (Wildman–Crippen LogP) is 1.95. The lowest BCUT2D eigenvalue weighted by Crippen LogP contribution is -2.43. The van der Waals surface area contributed by atoms with Crippen molar-refractivity contribution in [3.8, 4) is 5.75 Å². The summed E-state index contributed by atoms with van der Waals surface area (Å²) in [6.45, 7) is 1.17. The second-order valence-corrected chi connectivity index (χ2v) is 2.81. The van der Waals surface area contributed by atoms with Crippen molar-refractivity contribution in [2.75, 3.05) is 6.61 Å². The van der Waals surface area contributed by atoms with Crippen LogP contribution in [0.5, 0.6) is 5.75 Å². The number of carbonyl (C=O) groups is 1. The van der Waals surface area contributed by atoms with Crippen LogP contribution in [0.25, 0.3) is 0 Å². The third kappa shape index (κ3) is 2.66. The summed E-state index contributed by atoms with van der Waals surface area (Å²) >= 11 is 0. The first kappa shape index (κ1) is 12.4. The molecule has 6 heteroatoms. The van der Waals surface area contributed by atoms with E-state index in [9.17, 15) is 13.6 Å². The van der Waals surface area contributed by atoms with E-state index in [-0.39, 0.29) is 6.61 Å². The van der Waals surface area contributed by atoms with Gasteiger partial charge in [-0.2, -0.15) is 4.39 Å². The summed E-state index contributed by atoms with van der Waals surface area (Å²) in [5, 5.41) is 8.57. The highest BCUT2D eigenvalue weighted by atomic mass is 19.2. The Balaban J connectivity index is 2.92. The molecule has 1 unspecified atom stereocenters. The highest BCUT2D eigenvalue weighted by Crippen LogP contribution is 2.24. The Morgan fingerprint density at radius 2 is 2.12 bits per heavy atom. The maximum absolute atomic E-state index is 13.6. The lowest BCUT2D eigenvalue weighted by atomic mass is 10.3. The lowest BCUT2D eigenvalue weighted by molar-refractivity contribution is -0.268. The van der Waals surface area contributed by atoms with E-state index in [2.05, 4.69) is 9.47 Å². The van der Waals surface area contributed by atoms with Crippen LogP contribution in [0.4, 0.5) is 8.78 Å². The summed E-state index contributed by atoms with van der Waals surface area (Å²) in [4.78, 5) is 10.6. The monoisotopic (exact) mass is 232 g/mol. The summed E-state index contributed by atoms with van der Waals surface area (Å²) in [7, 11) is 0. The minimum Gasteiger partial charge on any atom is -0.474 e. The molecule has 4 nitrogen and oxygen atoms in total. The van der Waals surface area contributed by atoms with E-state index in [0.717, 1.165) is 12.1 Å². The number of alkyl halides is 1. The van der Waals surface area contributed by atoms with Gasteiger partial charge < -0.3 is 14.6 Å². The van der Waals surface area contributed by atoms with Gasteiger partial charge in [-0.15, -0.1) is 0 Å². The quantitative estimate of drug-likeness (QED) is 0.788. The maximum Gasteiger partial charge on any atom is 0.466 e. The molecule has 0 aliphatic rings. The molecular weight excluding hydrogens is 222 g/mol. The van der Waals surface area contributed by atoms with E-state index < -0.39 is 23.6 Å². The van der Waals surface area contributed by atoms with Gasteiger partial charge in [0, 0.05) is 0 Å². The standard InChI is InChI=1S/C10H10F2O4/c1-2-15-10(12,9(13)14)16-8-6-4-3-5-7(8)11/h3-6H,2H2,1H3,(H,13,14). The minimum absolute atomic E-state index is 0.225. The number of carboxylic acid groups (broad SMARTS) is 1. The number of aliphatic carboxylic acids is 1. The zero-order chi connectivity index (χ0) is 12.2. The number of benzene rings is 1. The summed E-state index contributed by atoms with van der Waals surface area (Å²) < 4.78 is 35.3. The molecular formula is C10H10F2O4. The average Bonchev–Trinajstić information content (AvgIpc) is 2.21. The Morgan fingerprint density at radius 3 is 2.62 bits per heavy atom. The molecule has 0 heterocycles. The molecule has 1 atom stereocenters. The highest BCUT2D eigenvalue weighted by molar-refractivity contribution is 5.74. The third-order valence-electron chi connectivity index (χ3n) is 1.66. The number of carboxylic acids is 1. The molecule has 1 rings (SSSR count). The highest BCUT2D eigenvalue weighted by Gasteiger charge is 2.44. The number of hydrogen-bond donors (Lipinski definition) is 1. The zero-order valence-electron chi connectivity index (χ0n) is 8.44. The summed E-state index contributed by atoms with van der Waals surface area (Å²) in [6.07, 6.45) is 0. The molecule has 0 fully saturated rings. The topological polar surface area (TPSA) is 55.8 Å². The minimum atomic E-state index is -3.38. The third-order valence-corrected chi connectivity index (χ3v) is 1.66. The van der Waals surface area contributed by atoms with Crippen molar-refractivity contribution in [3.05, 3.63) is 30.1 Å². The van der Waals surface area contributed by atoms with E-state index in [1.165, 1.54) is 19.1 Å². The van der Waals surface area contributed by atoms with Crippen molar-refractivity contribution in [1.82, 2.24) is 0 Å². The van der Waals surface area contributed by atoms with Gasteiger partial charge in [0.25, 0.3) is 0 Å². The van der Waals surface area contributed by atoms with Gasteiger partial charge in [0.15, 0.2) is 11.6 Å². The van der Waals surface area contributed by atoms with E-state index >= 15 is 0 Å². The molecule has 0 aliphatic heterocycles. The van der Waals surface area contributed by atoms with Gasteiger partial charge in [0.1, 0.15) is 0 Å². The van der Waals surface area contributed by atoms with Crippen LogP contribution in [-0.4, -0.2) is 23.7 Å². The normalized spacial score (nSPS) is 14.2. The second-order valence-electron chi connectivity index (χ2n) is 2.81. The summed E-state index contributed by atoms with van der Waals surface area (Å²) in [5.41, 5.74) is 0. The molecule has 0 saturated heterocycles. The summed E-state index contributed by atoms with van der Waals surface area (Å²) in [5.74, 6) is -3.37. The Hall–Kier alpha value is -1.69. The number of rotatable bonds is 5. The van der Waals surface area contributed by atoms with Crippen LogP contribution in [0.2, 0.25) is 0 Å². The molecule has 0 spiro atoms. The van der Waals surface area contributed by atoms with Crippen LogP contribution in [0.1, 0.15) is 6.92 Å². The predicted molar refractivity (Wildman–Crippen MR) is 50.1 cm³/mol. The van der Waals surface area contributed by atoms with Crippen LogP contribution < -0.4 is 4.74 Å². The SMILES string of the molecule is CCOC(F)(Oc1ccccc1F)C(=O)O. The van der Waals surface area contributed by atoms with Crippen molar-refractivity contribution in [2.24, 2.45) is 0 Å². The van der Waals surface area contributed by atoms with E-state index in [1.54, 1.807) is 0 Å². The van der Waals surface area contributed by atoms with Gasteiger partial charge in [-0.3, -0.25) is 0 Å². The first-order valence-corrected chi connectivity index (χ1v) is 4.49. The molecule has 1 N–H and O–H groups in total. The van der Waals surface area contributed by atoms with Crippen LogP contribution in [0, 0.1) is 5.82 Å². The molecule has 1 aromatic rings. The van der Waals surface area contributed by atoms with Crippen LogP contribution in [0.3, 0.4) is 0 Å². The molecule has 0 aliphatic carbocycles. The van der Waals surface area contributed by atoms with Crippen molar-refractivity contribution in [3.63, 3.8) is 0 Å². The Labute approximate surface area is 90.4 Å². The number of ether oxygens (including phenoxy) is 2. The Kier molecular flexibility index (Phi) is 3.78. The molecule has 0 aromatic heterocycles. The van der Waals surface area contributed by atoms with Crippen LogP contribution in [0.15, 0.2) is 24.3 Å². The van der Waals surface area contributed by atoms with Gasteiger partial charge in [0.2, 0.25) is 0 Å². The maximum atomic E-state index is 13.6. The first-order valence-electron chi connectivity index (χ1n) is 4.49. The first-order chi connectivity index (χ1) is 7.49. The summed E-state index contributed by atoms with van der Waals surface area (Å²) in [6, 6.07) is 1.49. The average molecular weight is 232 g/mol. The Bertz CT molecular complexity index is 383. The molecule has 0 bridgehead atoms. The van der Waals surface area contributed by atoms with Gasteiger partial charge in [-0.25, -0.2) is 9.18 Å². The van der Waals surface area contributed by atoms with E-state index in [1.807, 2.05) is 0 Å². The molecule has 88 valence electrons. The van der Waals surface area contributed by atoms with Crippen LogP contribution in [-0.2, 0) is 9.53 Å². The largest absolute Gasteiger partial charge is 0.474 e. The van der Waals surface area contributed by atoms with Crippen molar-refractivity contribution in [2.45, 2.75) is 13.0 Å².